The van der Waals surface area contributed by atoms with Crippen molar-refractivity contribution >= 4 is 0 Å². The number of nitrogens with zero attached hydrogens (tertiary/aromatic N) is 10. The van der Waals surface area contributed by atoms with E-state index in [2.05, 4.69) is 273 Å². The molecule has 12 aromatic carbocycles. The Morgan fingerprint density at radius 3 is 0.692 bits per heavy atom. The zero-order chi connectivity index (χ0) is 80.2. The third kappa shape index (κ3) is 16.8. The van der Waals surface area contributed by atoms with Crippen molar-refractivity contribution in [2.45, 2.75) is 0 Å². The highest BCUT2D eigenvalue weighted by Crippen LogP contribution is 2.38. The van der Waals surface area contributed by atoms with Gasteiger partial charge in [0, 0.05) is 68.7 Å². The van der Waals surface area contributed by atoms with Crippen LogP contribution < -0.4 is 0 Å². The average molecular weight is 1540 g/mol. The van der Waals surface area contributed by atoms with E-state index in [1.54, 1.807) is 0 Å². The molecule has 20 rings (SSSR count). The molecule has 20 aromatic rings. The molecule has 0 radical (unpaired) electrons. The molecule has 0 N–H and O–H groups in total. The van der Waals surface area contributed by atoms with Crippen molar-refractivity contribution in [3.63, 3.8) is 0 Å². The number of benzene rings is 12. The Bertz CT molecular complexity index is 6360. The van der Waals surface area contributed by atoms with Crippen LogP contribution in [0.4, 0.5) is 0 Å². The predicted molar refractivity (Wildman–Crippen MR) is 489 cm³/mol. The second kappa shape index (κ2) is 34.4. The Balaban J connectivity index is 0.000000159. The van der Waals surface area contributed by atoms with E-state index in [1.165, 1.54) is 0 Å². The molecule has 0 spiro atoms. The van der Waals surface area contributed by atoms with Crippen molar-refractivity contribution in [2.24, 2.45) is 0 Å². The fourth-order valence-corrected chi connectivity index (χ4v) is 14.9. The van der Waals surface area contributed by atoms with Crippen molar-refractivity contribution in [2.75, 3.05) is 0 Å². The van der Waals surface area contributed by atoms with Crippen LogP contribution in [0.15, 0.2) is 449 Å². The molecule has 0 unspecified atom stereocenters. The molecule has 0 fully saturated rings. The maximum atomic E-state index is 5.11. The quantitative estimate of drug-likeness (QED) is 0.0819. The van der Waals surface area contributed by atoms with E-state index in [9.17, 15) is 0 Å². The Kier molecular flexibility index (Phi) is 21.2. The minimum Gasteiger partial charge on any atom is -0.255 e. The third-order valence-corrected chi connectivity index (χ3v) is 21.2. The largest absolute Gasteiger partial charge is 0.255 e. The minimum absolute atomic E-state index is 0.706. The monoisotopic (exact) mass is 1530 g/mol. The van der Waals surface area contributed by atoms with Gasteiger partial charge in [0.1, 0.15) is 0 Å². The van der Waals surface area contributed by atoms with Crippen LogP contribution in [0.3, 0.4) is 0 Å². The van der Waals surface area contributed by atoms with Crippen LogP contribution >= 0.6 is 0 Å². The maximum absolute atomic E-state index is 5.11. The summed E-state index contributed by atoms with van der Waals surface area (Å²) in [6, 6.07) is 148. The van der Waals surface area contributed by atoms with E-state index >= 15 is 0 Å². The first-order valence-electron chi connectivity index (χ1n) is 40.0. The SMILES string of the molecule is c1ccc(-c2cc(-c3ccc(-c4ccc(-c5ccc(-c6cc(-c7ccccc7)nc(-c7ccccc7)n6)cc5)cc4)cn3)nc(-c3cccc(-c4ccccc4)n3)c2)cc1.c1ccc(-c2ccnc(-c3cc(-c4ccccc4)cc(-c4ccc(-c5ccc(-c6ccc(-c7cc(-c8ccccc8)nc(-c8ccccc8)n7)cc6)cc5)cn4)n3)c2)cc1. The van der Waals surface area contributed by atoms with Gasteiger partial charge in [-0.2, -0.15) is 0 Å². The zero-order valence-electron chi connectivity index (χ0n) is 65.2. The van der Waals surface area contributed by atoms with Gasteiger partial charge < -0.3 is 0 Å². The lowest BCUT2D eigenvalue weighted by Gasteiger charge is -2.11. The average Bonchev–Trinajstić information content (AvgIpc) is 0.806. The topological polar surface area (TPSA) is 129 Å². The van der Waals surface area contributed by atoms with Gasteiger partial charge in [0.25, 0.3) is 0 Å². The molecule has 0 amide bonds. The van der Waals surface area contributed by atoms with Crippen molar-refractivity contribution in [1.29, 1.82) is 0 Å². The van der Waals surface area contributed by atoms with Crippen LogP contribution in [0.1, 0.15) is 0 Å². The van der Waals surface area contributed by atoms with E-state index in [-0.39, 0.29) is 0 Å². The van der Waals surface area contributed by atoms with Crippen LogP contribution in [0, 0.1) is 0 Å². The third-order valence-electron chi connectivity index (χ3n) is 21.2. The number of rotatable bonds is 18. The fourth-order valence-electron chi connectivity index (χ4n) is 14.9. The Morgan fingerprint density at radius 2 is 0.350 bits per heavy atom. The van der Waals surface area contributed by atoms with Crippen molar-refractivity contribution < 1.29 is 0 Å². The summed E-state index contributed by atoms with van der Waals surface area (Å²) in [6.07, 6.45) is 5.71. The standard InChI is InChI=1S/2C55H37N5/c1-5-14-38(15-6-1)47-34-53(58-54(35-47)50-23-13-22-48(57-50)42-16-7-2-8-17-42)49-33-32-46(37-56-49)41-26-24-39(25-27-41)40-28-30-44(31-29-40)52-36-51(43-18-9-3-10-19-43)59-55(60-52)45-20-11-4-12-21-45;1-5-13-38(14-6-1)46-31-32-56-52(33-46)54-35-48(39-15-7-2-8-16-39)34-53(58-54)49-30-29-47(37-57-49)42-23-21-40(22-24-42)41-25-27-44(28-26-41)51-36-50(43-17-9-3-10-18-43)59-55(60-51)45-19-11-4-12-20-45/h2*1-37H. The first kappa shape index (κ1) is 73.8. The van der Waals surface area contributed by atoms with Crippen molar-refractivity contribution in [1.82, 2.24) is 49.8 Å². The Labute approximate surface area is 697 Å². The number of hydrogen-bond acceptors (Lipinski definition) is 10. The molecule has 0 aliphatic heterocycles. The molecule has 0 saturated carbocycles. The maximum Gasteiger partial charge on any atom is 0.160 e. The van der Waals surface area contributed by atoms with Crippen molar-refractivity contribution in [3.05, 3.63) is 449 Å². The summed E-state index contributed by atoms with van der Waals surface area (Å²) in [5, 5.41) is 0. The van der Waals surface area contributed by atoms with E-state index in [0.29, 0.717) is 11.6 Å². The molecule has 8 aromatic heterocycles. The van der Waals surface area contributed by atoms with Gasteiger partial charge in [-0.3, -0.25) is 15.0 Å². The summed E-state index contributed by atoms with van der Waals surface area (Å²) in [7, 11) is 0. The summed E-state index contributed by atoms with van der Waals surface area (Å²) in [4.78, 5) is 49.7. The molecule has 0 saturated heterocycles. The molecule has 120 heavy (non-hydrogen) atoms. The molecule has 0 atom stereocenters. The molecule has 0 aliphatic rings. The van der Waals surface area contributed by atoms with Gasteiger partial charge in [0.15, 0.2) is 11.6 Å². The fraction of sp³-hybridized carbons (Fsp3) is 0. The zero-order valence-corrected chi connectivity index (χ0v) is 65.2. The van der Waals surface area contributed by atoms with Crippen LogP contribution in [-0.2, 0) is 0 Å². The molecule has 0 aliphatic carbocycles. The van der Waals surface area contributed by atoms with Gasteiger partial charge in [0.05, 0.1) is 74.0 Å². The lowest BCUT2D eigenvalue weighted by Crippen LogP contribution is -1.95. The van der Waals surface area contributed by atoms with Crippen LogP contribution in [0.5, 0.6) is 0 Å². The molecule has 10 nitrogen and oxygen atoms in total. The second-order valence-electron chi connectivity index (χ2n) is 29.1. The van der Waals surface area contributed by atoms with Crippen LogP contribution in [0.25, 0.3) is 203 Å². The Morgan fingerprint density at radius 1 is 0.108 bits per heavy atom. The molecule has 0 bridgehead atoms. The van der Waals surface area contributed by atoms with E-state index in [4.69, 9.17) is 49.8 Å². The highest BCUT2D eigenvalue weighted by Gasteiger charge is 2.19. The summed E-state index contributed by atoms with van der Waals surface area (Å²) in [5.74, 6) is 1.41. The summed E-state index contributed by atoms with van der Waals surface area (Å²) >= 11 is 0. The molecule has 564 valence electrons. The Hall–Kier alpha value is -16.3. The van der Waals surface area contributed by atoms with Crippen LogP contribution in [0.2, 0.25) is 0 Å². The molecular weight excluding hydrogens is 1460 g/mol. The minimum atomic E-state index is 0.706. The number of aromatic nitrogens is 10. The lowest BCUT2D eigenvalue weighted by atomic mass is 9.99. The number of pyridine rings is 6. The molecule has 8 heterocycles. The van der Waals surface area contributed by atoms with E-state index in [0.717, 1.165) is 191 Å². The summed E-state index contributed by atoms with van der Waals surface area (Å²) in [6.45, 7) is 0. The molecular formula is C110H74N10. The summed E-state index contributed by atoms with van der Waals surface area (Å²) in [5.41, 5.74) is 33.4. The van der Waals surface area contributed by atoms with E-state index in [1.807, 2.05) is 176 Å². The van der Waals surface area contributed by atoms with Gasteiger partial charge in [-0.15, -0.1) is 0 Å². The highest BCUT2D eigenvalue weighted by atomic mass is 14.9. The van der Waals surface area contributed by atoms with Gasteiger partial charge in [-0.25, -0.2) is 34.9 Å². The van der Waals surface area contributed by atoms with Gasteiger partial charge in [-0.05, 0) is 140 Å². The van der Waals surface area contributed by atoms with Crippen LogP contribution in [-0.4, -0.2) is 49.8 Å². The first-order valence-corrected chi connectivity index (χ1v) is 40.0. The first-order chi connectivity index (χ1) is 59.4. The predicted octanol–water partition coefficient (Wildman–Crippen LogP) is 27.3. The second-order valence-corrected chi connectivity index (χ2v) is 29.1. The van der Waals surface area contributed by atoms with Gasteiger partial charge >= 0.3 is 0 Å². The van der Waals surface area contributed by atoms with E-state index < -0.39 is 0 Å². The molecule has 10 heteroatoms. The summed E-state index contributed by atoms with van der Waals surface area (Å²) < 4.78 is 0. The van der Waals surface area contributed by atoms with Gasteiger partial charge in [0.2, 0.25) is 0 Å². The highest BCUT2D eigenvalue weighted by molar-refractivity contribution is 5.83. The smallest absolute Gasteiger partial charge is 0.160 e. The van der Waals surface area contributed by atoms with Crippen molar-refractivity contribution in [3.8, 4) is 203 Å². The lowest BCUT2D eigenvalue weighted by molar-refractivity contribution is 1.18. The van der Waals surface area contributed by atoms with Gasteiger partial charge in [-0.1, -0.05) is 358 Å². The normalized spacial score (nSPS) is 11.0. The number of hydrogen-bond donors (Lipinski definition) is 0.